The zero-order chi connectivity index (χ0) is 14.8. The van der Waals surface area contributed by atoms with Crippen LogP contribution in [0.25, 0.3) is 0 Å². The first kappa shape index (κ1) is 15.2. The minimum atomic E-state index is -3.64. The smallest absolute Gasteiger partial charge is 0.240 e. The molecule has 0 spiro atoms. The number of β-amino-alcohol motifs (C(OH)–C–C–N with tert-alkyl or cyclic N) is 1. The van der Waals surface area contributed by atoms with Gasteiger partial charge in [-0.25, -0.2) is 13.1 Å². The summed E-state index contributed by atoms with van der Waals surface area (Å²) < 4.78 is 32.4. The van der Waals surface area contributed by atoms with E-state index in [0.717, 1.165) is 5.56 Å². The fourth-order valence-corrected chi connectivity index (χ4v) is 3.51. The van der Waals surface area contributed by atoms with Crippen molar-refractivity contribution in [2.45, 2.75) is 30.9 Å². The quantitative estimate of drug-likeness (QED) is 0.713. The Morgan fingerprint density at radius 1 is 1.45 bits per heavy atom. The molecule has 1 aliphatic rings. The number of aliphatic hydroxyl groups is 1. The molecule has 7 heteroatoms. The van der Waals surface area contributed by atoms with E-state index in [-0.39, 0.29) is 4.90 Å². The first-order valence-electron chi connectivity index (χ1n) is 6.58. The largest absolute Gasteiger partial charge is 0.494 e. The highest BCUT2D eigenvalue weighted by atomic mass is 32.2. The summed E-state index contributed by atoms with van der Waals surface area (Å²) in [6.07, 6.45) is -0.700. The average molecular weight is 300 g/mol. The molecule has 1 aromatic carbocycles. The molecule has 3 N–H and O–H groups in total. The minimum Gasteiger partial charge on any atom is -0.494 e. The summed E-state index contributed by atoms with van der Waals surface area (Å²) in [4.78, 5) is 0.178. The highest BCUT2D eigenvalue weighted by Gasteiger charge is 2.29. The lowest BCUT2D eigenvalue weighted by Gasteiger charge is -2.16. The van der Waals surface area contributed by atoms with Crippen LogP contribution in [0.5, 0.6) is 5.75 Å². The van der Waals surface area contributed by atoms with Crippen molar-refractivity contribution in [1.29, 1.82) is 0 Å². The normalized spacial score (nSPS) is 22.9. The van der Waals surface area contributed by atoms with Crippen LogP contribution >= 0.6 is 0 Å². The van der Waals surface area contributed by atoms with Gasteiger partial charge in [0, 0.05) is 13.1 Å². The average Bonchev–Trinajstić information content (AvgIpc) is 2.77. The molecule has 0 radical (unpaired) electrons. The van der Waals surface area contributed by atoms with Crippen LogP contribution in [0, 0.1) is 6.92 Å². The molecular weight excluding hydrogens is 280 g/mol. The Balaban J connectivity index is 2.19. The Bertz CT molecular complexity index is 574. The zero-order valence-corrected chi connectivity index (χ0v) is 12.4. The van der Waals surface area contributed by atoms with Gasteiger partial charge in [-0.05, 0) is 37.6 Å². The lowest BCUT2D eigenvalue weighted by Crippen LogP contribution is -2.42. The molecular formula is C13H20N2O4S. The number of nitrogens with one attached hydrogen (secondary N) is 2. The van der Waals surface area contributed by atoms with Crippen molar-refractivity contribution in [2.75, 3.05) is 19.7 Å². The van der Waals surface area contributed by atoms with Crippen LogP contribution < -0.4 is 14.8 Å². The number of aliphatic hydroxyl groups excluding tert-OH is 1. The summed E-state index contributed by atoms with van der Waals surface area (Å²) in [6, 6.07) is 4.24. The third-order valence-corrected chi connectivity index (χ3v) is 4.73. The number of aryl methyl sites for hydroxylation is 1. The first-order chi connectivity index (χ1) is 9.44. The Morgan fingerprint density at radius 2 is 2.20 bits per heavy atom. The molecule has 0 saturated carbocycles. The molecule has 1 saturated heterocycles. The molecule has 0 unspecified atom stereocenters. The molecule has 0 aromatic heterocycles. The summed E-state index contributed by atoms with van der Waals surface area (Å²) in [6.45, 7) is 5.03. The summed E-state index contributed by atoms with van der Waals surface area (Å²) >= 11 is 0. The van der Waals surface area contributed by atoms with Crippen LogP contribution in [0.1, 0.15) is 12.5 Å². The number of rotatable bonds is 5. The maximum Gasteiger partial charge on any atom is 0.240 e. The van der Waals surface area contributed by atoms with Gasteiger partial charge in [-0.15, -0.1) is 0 Å². The summed E-state index contributed by atoms with van der Waals surface area (Å²) in [5, 5.41) is 12.6. The minimum absolute atomic E-state index is 0.178. The van der Waals surface area contributed by atoms with E-state index in [2.05, 4.69) is 10.0 Å². The van der Waals surface area contributed by atoms with Crippen LogP contribution in [0.2, 0.25) is 0 Å². The number of ether oxygens (including phenoxy) is 1. The predicted molar refractivity (Wildman–Crippen MR) is 75.3 cm³/mol. The van der Waals surface area contributed by atoms with Gasteiger partial charge < -0.3 is 15.2 Å². The monoisotopic (exact) mass is 300 g/mol. The maximum absolute atomic E-state index is 12.3. The Morgan fingerprint density at radius 3 is 2.75 bits per heavy atom. The van der Waals surface area contributed by atoms with Gasteiger partial charge in [-0.3, -0.25) is 0 Å². The Labute approximate surface area is 119 Å². The fraction of sp³-hybridized carbons (Fsp3) is 0.538. The summed E-state index contributed by atoms with van der Waals surface area (Å²) in [7, 11) is -3.64. The molecule has 112 valence electrons. The van der Waals surface area contributed by atoms with Crippen molar-refractivity contribution in [3.8, 4) is 5.75 Å². The lowest BCUT2D eigenvalue weighted by atomic mass is 10.2. The van der Waals surface area contributed by atoms with Crippen molar-refractivity contribution in [1.82, 2.24) is 10.0 Å². The van der Waals surface area contributed by atoms with E-state index in [1.54, 1.807) is 19.1 Å². The van der Waals surface area contributed by atoms with Gasteiger partial charge in [-0.1, -0.05) is 0 Å². The van der Waals surface area contributed by atoms with Gasteiger partial charge in [0.15, 0.2) is 0 Å². The summed E-state index contributed by atoms with van der Waals surface area (Å²) in [5.74, 6) is 0.675. The van der Waals surface area contributed by atoms with Crippen LogP contribution in [-0.4, -0.2) is 45.4 Å². The molecule has 1 heterocycles. The van der Waals surface area contributed by atoms with Gasteiger partial charge in [-0.2, -0.15) is 0 Å². The molecule has 6 nitrogen and oxygen atoms in total. The van der Waals surface area contributed by atoms with E-state index in [1.165, 1.54) is 6.07 Å². The number of hydrogen-bond acceptors (Lipinski definition) is 5. The molecule has 2 rings (SSSR count). The third kappa shape index (κ3) is 3.29. The number of sulfonamides is 1. The van der Waals surface area contributed by atoms with Crippen LogP contribution in [0.3, 0.4) is 0 Å². The number of hydrogen-bond donors (Lipinski definition) is 3. The summed E-state index contributed by atoms with van der Waals surface area (Å²) in [5.41, 5.74) is 0.764. The van der Waals surface area contributed by atoms with Crippen LogP contribution in [0.15, 0.2) is 23.1 Å². The molecule has 0 aliphatic carbocycles. The van der Waals surface area contributed by atoms with Crippen molar-refractivity contribution in [3.63, 3.8) is 0 Å². The van der Waals surface area contributed by atoms with E-state index < -0.39 is 22.2 Å². The van der Waals surface area contributed by atoms with E-state index in [9.17, 15) is 13.5 Å². The van der Waals surface area contributed by atoms with Crippen LogP contribution in [-0.2, 0) is 10.0 Å². The van der Waals surface area contributed by atoms with Crippen LogP contribution in [0.4, 0.5) is 0 Å². The lowest BCUT2D eigenvalue weighted by molar-refractivity contribution is 0.173. The van der Waals surface area contributed by atoms with Gasteiger partial charge in [0.1, 0.15) is 5.75 Å². The van der Waals surface area contributed by atoms with Crippen molar-refractivity contribution >= 4 is 10.0 Å². The van der Waals surface area contributed by atoms with Gasteiger partial charge >= 0.3 is 0 Å². The standard InChI is InChI=1S/C13H20N2O4S/c1-3-19-13-5-4-10(6-9(13)2)20(17,18)15-11-7-14-8-12(11)16/h4-6,11-12,14-16H,3,7-8H2,1-2H3/t11-,12-/m1/s1. The van der Waals surface area contributed by atoms with E-state index in [4.69, 9.17) is 4.74 Å². The SMILES string of the molecule is CCOc1ccc(S(=O)(=O)N[C@@H]2CNC[C@H]2O)cc1C. The van der Waals surface area contributed by atoms with Crippen molar-refractivity contribution in [3.05, 3.63) is 23.8 Å². The Hall–Kier alpha value is -1.15. The molecule has 1 fully saturated rings. The maximum atomic E-state index is 12.3. The first-order valence-corrected chi connectivity index (χ1v) is 8.07. The molecule has 2 atom stereocenters. The molecule has 0 bridgehead atoms. The highest BCUT2D eigenvalue weighted by Crippen LogP contribution is 2.22. The fourth-order valence-electron chi connectivity index (χ4n) is 2.16. The predicted octanol–water partition coefficient (Wildman–Crippen LogP) is 0.00472. The number of benzene rings is 1. The second-order valence-corrected chi connectivity index (χ2v) is 6.53. The molecule has 20 heavy (non-hydrogen) atoms. The third-order valence-electron chi connectivity index (χ3n) is 3.25. The molecule has 1 aliphatic heterocycles. The second-order valence-electron chi connectivity index (χ2n) is 4.81. The van der Waals surface area contributed by atoms with E-state index >= 15 is 0 Å². The molecule has 0 amide bonds. The van der Waals surface area contributed by atoms with E-state index in [1.807, 2.05) is 6.92 Å². The van der Waals surface area contributed by atoms with Gasteiger partial charge in [0.25, 0.3) is 0 Å². The zero-order valence-electron chi connectivity index (χ0n) is 11.6. The second kappa shape index (κ2) is 6.09. The van der Waals surface area contributed by atoms with Gasteiger partial charge in [0.2, 0.25) is 10.0 Å². The van der Waals surface area contributed by atoms with Crippen molar-refractivity contribution in [2.24, 2.45) is 0 Å². The molecule has 1 aromatic rings. The Kier molecular flexibility index (Phi) is 4.64. The van der Waals surface area contributed by atoms with Crippen molar-refractivity contribution < 1.29 is 18.3 Å². The van der Waals surface area contributed by atoms with Gasteiger partial charge in [0.05, 0.1) is 23.6 Å². The topological polar surface area (TPSA) is 87.7 Å². The highest BCUT2D eigenvalue weighted by molar-refractivity contribution is 7.89. The van der Waals surface area contributed by atoms with E-state index in [0.29, 0.717) is 25.4 Å².